The highest BCUT2D eigenvalue weighted by atomic mass is 35.5. The van der Waals surface area contributed by atoms with E-state index in [4.69, 9.17) is 11.6 Å². The Morgan fingerprint density at radius 3 is 2.54 bits per heavy atom. The summed E-state index contributed by atoms with van der Waals surface area (Å²) in [4.78, 5) is 29.1. The van der Waals surface area contributed by atoms with Gasteiger partial charge in [0, 0.05) is 17.3 Å². The number of nitrogens with zero attached hydrogens (tertiary/aromatic N) is 3. The molecular weight excluding hydrogens is 348 g/mol. The summed E-state index contributed by atoms with van der Waals surface area (Å²) in [5.41, 5.74) is 0.829. The van der Waals surface area contributed by atoms with Gasteiger partial charge in [-0.15, -0.1) is 0 Å². The summed E-state index contributed by atoms with van der Waals surface area (Å²) in [6, 6.07) is 7.40. The van der Waals surface area contributed by atoms with Gasteiger partial charge in [-0.3, -0.25) is 19.4 Å². The summed E-state index contributed by atoms with van der Waals surface area (Å²) in [5, 5.41) is 4.07. The summed E-state index contributed by atoms with van der Waals surface area (Å²) in [7, 11) is 1.53. The van der Waals surface area contributed by atoms with Crippen LogP contribution >= 0.6 is 23.4 Å². The van der Waals surface area contributed by atoms with Crippen molar-refractivity contribution >= 4 is 34.4 Å². The van der Waals surface area contributed by atoms with Crippen LogP contribution in [-0.4, -0.2) is 24.6 Å². The Bertz CT molecular complexity index is 1000. The molecule has 6 nitrogen and oxygen atoms in total. The van der Waals surface area contributed by atoms with E-state index in [0.717, 1.165) is 5.56 Å². The van der Waals surface area contributed by atoms with E-state index in [2.05, 4.69) is 10.1 Å². The largest absolute Gasteiger partial charge is 0.310 e. The predicted octanol–water partition coefficient (Wildman–Crippen LogP) is 2.63. The molecule has 2 heterocycles. The zero-order chi connectivity index (χ0) is 17.4. The highest BCUT2D eigenvalue weighted by Gasteiger charge is 2.19. The van der Waals surface area contributed by atoms with Crippen LogP contribution in [0.15, 0.2) is 39.0 Å². The van der Waals surface area contributed by atoms with Gasteiger partial charge < -0.3 is 4.57 Å². The maximum absolute atomic E-state index is 12.5. The third-order valence-electron chi connectivity index (χ3n) is 3.52. The van der Waals surface area contributed by atoms with Crippen molar-refractivity contribution in [3.05, 3.63) is 55.6 Å². The number of fused-ring (bicyclic) bond motifs is 1. The van der Waals surface area contributed by atoms with Crippen molar-refractivity contribution < 1.29 is 0 Å². The molecule has 126 valence electrons. The maximum Gasteiger partial charge on any atom is 0.291 e. The number of aromatic amines is 1. The van der Waals surface area contributed by atoms with Gasteiger partial charge in [0.1, 0.15) is 5.52 Å². The summed E-state index contributed by atoms with van der Waals surface area (Å²) in [5.74, 6) is 0. The molecule has 3 rings (SSSR count). The van der Waals surface area contributed by atoms with Gasteiger partial charge in [0.05, 0.1) is 6.54 Å². The minimum atomic E-state index is -0.368. The predicted molar refractivity (Wildman–Crippen MR) is 97.1 cm³/mol. The third-order valence-corrected chi connectivity index (χ3v) is 4.77. The molecule has 0 saturated heterocycles. The van der Waals surface area contributed by atoms with Crippen LogP contribution in [0.4, 0.5) is 0 Å². The van der Waals surface area contributed by atoms with E-state index in [1.807, 2.05) is 26.0 Å². The fraction of sp³-hybridized carbons (Fsp3) is 0.312. The van der Waals surface area contributed by atoms with Gasteiger partial charge in [0.25, 0.3) is 11.1 Å². The number of nitrogens with one attached hydrogen (secondary N) is 1. The zero-order valence-electron chi connectivity index (χ0n) is 13.5. The molecule has 1 aromatic carbocycles. The van der Waals surface area contributed by atoms with Crippen LogP contribution in [-0.2, 0) is 13.6 Å². The van der Waals surface area contributed by atoms with Gasteiger partial charge in [-0.1, -0.05) is 49.3 Å². The van der Waals surface area contributed by atoms with Crippen molar-refractivity contribution in [1.29, 1.82) is 0 Å². The lowest BCUT2D eigenvalue weighted by Crippen LogP contribution is -2.28. The van der Waals surface area contributed by atoms with E-state index < -0.39 is 0 Å². The minimum absolute atomic E-state index is 0.176. The van der Waals surface area contributed by atoms with Crippen LogP contribution in [0.1, 0.15) is 19.4 Å². The fourth-order valence-corrected chi connectivity index (χ4v) is 3.42. The molecule has 0 bridgehead atoms. The molecule has 0 aliphatic rings. The summed E-state index contributed by atoms with van der Waals surface area (Å²) < 4.78 is 3.00. The first-order valence-electron chi connectivity index (χ1n) is 7.47. The number of thioether (sulfide) groups is 1. The average molecular weight is 365 g/mol. The number of hydrogen-bond acceptors (Lipinski definition) is 4. The monoisotopic (exact) mass is 364 g/mol. The lowest BCUT2D eigenvalue weighted by molar-refractivity contribution is 0.685. The van der Waals surface area contributed by atoms with Crippen molar-refractivity contribution in [3.8, 4) is 0 Å². The van der Waals surface area contributed by atoms with Crippen molar-refractivity contribution in [2.45, 2.75) is 30.8 Å². The fourth-order valence-electron chi connectivity index (χ4n) is 2.44. The van der Waals surface area contributed by atoms with Gasteiger partial charge in [-0.25, -0.2) is 4.98 Å². The second-order valence-corrected chi connectivity index (χ2v) is 7.76. The lowest BCUT2D eigenvalue weighted by Gasteiger charge is -2.10. The summed E-state index contributed by atoms with van der Waals surface area (Å²) in [6.45, 7) is 4.53. The molecule has 1 N–H and O–H groups in total. The molecule has 0 unspecified atom stereocenters. The number of H-pyrrole nitrogens is 1. The molecule has 0 spiro atoms. The van der Waals surface area contributed by atoms with Crippen LogP contribution in [0, 0.1) is 0 Å². The maximum atomic E-state index is 12.5. The van der Waals surface area contributed by atoms with E-state index in [1.165, 1.54) is 23.5 Å². The standard InChI is InChI=1S/C16H17ClN4O2S/c1-9(2)24-16-18-12-13(15(23)20(3)19-14(12)22)21(16)8-10-4-6-11(17)7-5-10/h4-7,9H,8H2,1-3H3,(H,19,22). The first-order chi connectivity index (χ1) is 11.4. The van der Waals surface area contributed by atoms with Gasteiger partial charge in [0.15, 0.2) is 10.7 Å². The lowest BCUT2D eigenvalue weighted by atomic mass is 10.2. The van der Waals surface area contributed by atoms with Gasteiger partial charge in [-0.05, 0) is 17.7 Å². The van der Waals surface area contributed by atoms with E-state index in [0.29, 0.717) is 22.2 Å². The Hall–Kier alpha value is -1.99. The molecule has 24 heavy (non-hydrogen) atoms. The van der Waals surface area contributed by atoms with Crippen LogP contribution in [0.5, 0.6) is 0 Å². The number of imidazole rings is 1. The van der Waals surface area contributed by atoms with Crippen LogP contribution < -0.4 is 11.1 Å². The Morgan fingerprint density at radius 2 is 1.92 bits per heavy atom. The number of rotatable bonds is 4. The summed E-state index contributed by atoms with van der Waals surface area (Å²) in [6.07, 6.45) is 0. The van der Waals surface area contributed by atoms with Crippen molar-refractivity contribution in [1.82, 2.24) is 19.3 Å². The molecule has 0 radical (unpaired) electrons. The molecule has 0 aliphatic heterocycles. The molecule has 0 atom stereocenters. The molecule has 2 aromatic heterocycles. The SMILES string of the molecule is CC(C)Sc1nc2c(=O)[nH]n(C)c(=O)c2n1Cc1ccc(Cl)cc1. The molecular formula is C16H17ClN4O2S. The molecule has 0 fully saturated rings. The molecule has 8 heteroatoms. The second kappa shape index (κ2) is 6.49. The van der Waals surface area contributed by atoms with Crippen LogP contribution in [0.25, 0.3) is 11.0 Å². The Balaban J connectivity index is 2.24. The Morgan fingerprint density at radius 1 is 1.25 bits per heavy atom. The zero-order valence-corrected chi connectivity index (χ0v) is 15.1. The Kier molecular flexibility index (Phi) is 4.56. The van der Waals surface area contributed by atoms with E-state index in [1.54, 1.807) is 16.7 Å². The number of aryl methyl sites for hydroxylation is 1. The molecule has 0 aliphatic carbocycles. The number of hydrogen-bond donors (Lipinski definition) is 1. The van der Waals surface area contributed by atoms with Gasteiger partial charge in [0.2, 0.25) is 0 Å². The van der Waals surface area contributed by atoms with E-state index in [9.17, 15) is 9.59 Å². The topological polar surface area (TPSA) is 72.7 Å². The van der Waals surface area contributed by atoms with Crippen molar-refractivity contribution in [3.63, 3.8) is 0 Å². The van der Waals surface area contributed by atoms with Crippen LogP contribution in [0.3, 0.4) is 0 Å². The third kappa shape index (κ3) is 3.14. The van der Waals surface area contributed by atoms with Crippen molar-refractivity contribution in [2.24, 2.45) is 7.05 Å². The second-order valence-electron chi connectivity index (χ2n) is 5.78. The number of halogens is 1. The Labute approximate surface area is 147 Å². The number of benzene rings is 1. The molecule has 0 saturated carbocycles. The first-order valence-corrected chi connectivity index (χ1v) is 8.73. The van der Waals surface area contributed by atoms with Gasteiger partial charge >= 0.3 is 0 Å². The minimum Gasteiger partial charge on any atom is -0.310 e. The van der Waals surface area contributed by atoms with Crippen LogP contribution in [0.2, 0.25) is 5.02 Å². The highest BCUT2D eigenvalue weighted by molar-refractivity contribution is 7.99. The van der Waals surface area contributed by atoms with E-state index >= 15 is 0 Å². The van der Waals surface area contributed by atoms with Gasteiger partial charge in [-0.2, -0.15) is 0 Å². The average Bonchev–Trinajstić information content (AvgIpc) is 2.86. The quantitative estimate of drug-likeness (QED) is 0.722. The molecule has 0 amide bonds. The molecule has 3 aromatic rings. The first kappa shape index (κ1) is 16.9. The van der Waals surface area contributed by atoms with Crippen molar-refractivity contribution in [2.75, 3.05) is 0 Å². The normalized spacial score (nSPS) is 11.5. The van der Waals surface area contributed by atoms with E-state index in [-0.39, 0.29) is 21.9 Å². The highest BCUT2D eigenvalue weighted by Crippen LogP contribution is 2.25. The number of aromatic nitrogens is 4. The smallest absolute Gasteiger partial charge is 0.291 e. The summed E-state index contributed by atoms with van der Waals surface area (Å²) >= 11 is 7.45.